The fourth-order valence-corrected chi connectivity index (χ4v) is 9.96. The molecule has 0 bridgehead atoms. The van der Waals surface area contributed by atoms with E-state index in [9.17, 15) is 15.0 Å². The van der Waals surface area contributed by atoms with Crippen LogP contribution in [-0.2, 0) is 4.79 Å². The summed E-state index contributed by atoms with van der Waals surface area (Å²) in [6, 6.07) is -0.627. The Hall–Kier alpha value is -1.65. The Kier molecular flexibility index (Phi) is 60.2. The monoisotopic (exact) mass is 980 g/mol. The number of amides is 1. The highest BCUT2D eigenvalue weighted by Gasteiger charge is 2.18. The summed E-state index contributed by atoms with van der Waals surface area (Å²) in [5, 5.41) is 23.2. The summed E-state index contributed by atoms with van der Waals surface area (Å²) in [6.45, 7) is 4.33. The van der Waals surface area contributed by atoms with Gasteiger partial charge in [0.1, 0.15) is 0 Å². The molecule has 0 radical (unpaired) electrons. The molecule has 0 aliphatic heterocycles. The molecule has 0 aliphatic carbocycles. The first-order valence-corrected chi connectivity index (χ1v) is 31.9. The third-order valence-corrected chi connectivity index (χ3v) is 14.8. The SMILES string of the molecule is CCCCCCC/C=C\C/C=C\C/C=C\CCCCCCCCCCCCC(=O)NC(CO)C(O)/C=C/CCCCCCCCCCCCCCCCCCCCCCCCCCCCCCCCC. The van der Waals surface area contributed by atoms with Crippen molar-refractivity contribution >= 4 is 5.91 Å². The highest BCUT2D eigenvalue weighted by atomic mass is 16.3. The van der Waals surface area contributed by atoms with Gasteiger partial charge in [-0.05, 0) is 57.8 Å². The molecule has 0 aromatic heterocycles. The molecule has 0 heterocycles. The zero-order chi connectivity index (χ0) is 50.6. The molecule has 2 atom stereocenters. The van der Waals surface area contributed by atoms with Crippen LogP contribution in [0, 0.1) is 0 Å². The number of hydrogen-bond donors (Lipinski definition) is 3. The van der Waals surface area contributed by atoms with Crippen molar-refractivity contribution in [3.63, 3.8) is 0 Å². The lowest BCUT2D eigenvalue weighted by Gasteiger charge is -2.20. The van der Waals surface area contributed by atoms with Gasteiger partial charge in [-0.1, -0.05) is 332 Å². The maximum absolute atomic E-state index is 12.5. The Morgan fingerprint density at radius 3 is 0.871 bits per heavy atom. The molecule has 412 valence electrons. The average molecular weight is 981 g/mol. The van der Waals surface area contributed by atoms with Gasteiger partial charge in [0, 0.05) is 6.42 Å². The second-order valence-corrected chi connectivity index (χ2v) is 21.8. The zero-order valence-corrected chi connectivity index (χ0v) is 47.6. The van der Waals surface area contributed by atoms with E-state index in [1.54, 1.807) is 6.08 Å². The highest BCUT2D eigenvalue weighted by molar-refractivity contribution is 5.76. The Bertz CT molecular complexity index is 1110. The van der Waals surface area contributed by atoms with Crippen molar-refractivity contribution in [1.29, 1.82) is 0 Å². The fraction of sp³-hybridized carbons (Fsp3) is 0.864. The van der Waals surface area contributed by atoms with E-state index in [2.05, 4.69) is 55.6 Å². The maximum atomic E-state index is 12.5. The standard InChI is InChI=1S/C66H125NO3/c1-3-5-7-9-11-13-15-17-19-21-23-25-27-29-30-31-32-33-34-35-36-38-39-41-43-45-47-49-51-53-55-57-59-61-65(69)64(63-68)67-66(70)62-60-58-56-54-52-50-48-46-44-42-40-37-28-26-24-22-20-18-16-14-12-10-8-6-4-2/h16,18,22,24,28,37,59,61,64-65,68-69H,3-15,17,19-21,23,25-27,29-36,38-58,60,62-63H2,1-2H3,(H,67,70)/b18-16-,24-22-,37-28-,61-59+. The first-order valence-electron chi connectivity index (χ1n) is 31.9. The Labute approximate surface area is 439 Å². The predicted octanol–water partition coefficient (Wildman–Crippen LogP) is 21.4. The molecule has 0 rings (SSSR count). The summed E-state index contributed by atoms with van der Waals surface area (Å²) in [5.74, 6) is -0.0644. The summed E-state index contributed by atoms with van der Waals surface area (Å²) < 4.78 is 0. The maximum Gasteiger partial charge on any atom is 0.220 e. The summed E-state index contributed by atoms with van der Waals surface area (Å²) in [4.78, 5) is 12.5. The normalized spacial score (nSPS) is 13.0. The van der Waals surface area contributed by atoms with Gasteiger partial charge in [0.2, 0.25) is 5.91 Å². The van der Waals surface area contributed by atoms with Crippen molar-refractivity contribution < 1.29 is 15.0 Å². The van der Waals surface area contributed by atoms with Gasteiger partial charge >= 0.3 is 0 Å². The average Bonchev–Trinajstić information content (AvgIpc) is 3.36. The minimum absolute atomic E-state index is 0.0644. The molecule has 0 saturated heterocycles. The number of hydrogen-bond acceptors (Lipinski definition) is 3. The van der Waals surface area contributed by atoms with E-state index >= 15 is 0 Å². The number of allylic oxidation sites excluding steroid dienone is 7. The number of carbonyl (C=O) groups is 1. The third-order valence-electron chi connectivity index (χ3n) is 14.8. The van der Waals surface area contributed by atoms with Crippen molar-refractivity contribution in [2.75, 3.05) is 6.61 Å². The minimum Gasteiger partial charge on any atom is -0.394 e. The Morgan fingerprint density at radius 1 is 0.343 bits per heavy atom. The lowest BCUT2D eigenvalue weighted by Crippen LogP contribution is -2.45. The number of carbonyl (C=O) groups excluding carboxylic acids is 1. The number of aliphatic hydroxyl groups is 2. The van der Waals surface area contributed by atoms with Crippen LogP contribution in [0.1, 0.15) is 348 Å². The van der Waals surface area contributed by atoms with Crippen molar-refractivity contribution in [3.8, 4) is 0 Å². The van der Waals surface area contributed by atoms with Crippen LogP contribution < -0.4 is 5.32 Å². The van der Waals surface area contributed by atoms with Crippen LogP contribution in [0.3, 0.4) is 0 Å². The van der Waals surface area contributed by atoms with Crippen molar-refractivity contribution in [1.82, 2.24) is 5.32 Å². The lowest BCUT2D eigenvalue weighted by molar-refractivity contribution is -0.123. The summed E-state index contributed by atoms with van der Waals surface area (Å²) in [7, 11) is 0. The van der Waals surface area contributed by atoms with Gasteiger partial charge in [-0.3, -0.25) is 4.79 Å². The largest absolute Gasteiger partial charge is 0.394 e. The lowest BCUT2D eigenvalue weighted by atomic mass is 10.0. The van der Waals surface area contributed by atoms with Gasteiger partial charge in [-0.2, -0.15) is 0 Å². The topological polar surface area (TPSA) is 69.6 Å². The van der Waals surface area contributed by atoms with E-state index in [1.165, 1.54) is 289 Å². The van der Waals surface area contributed by atoms with E-state index in [4.69, 9.17) is 0 Å². The van der Waals surface area contributed by atoms with Crippen molar-refractivity contribution in [2.45, 2.75) is 360 Å². The molecule has 4 nitrogen and oxygen atoms in total. The molecule has 70 heavy (non-hydrogen) atoms. The van der Waals surface area contributed by atoms with E-state index in [0.717, 1.165) is 38.5 Å². The summed E-state index contributed by atoms with van der Waals surface area (Å²) in [5.41, 5.74) is 0. The molecule has 3 N–H and O–H groups in total. The molecule has 2 unspecified atom stereocenters. The van der Waals surface area contributed by atoms with Gasteiger partial charge in [-0.15, -0.1) is 0 Å². The molecule has 0 spiro atoms. The second kappa shape index (κ2) is 61.6. The molecule has 0 fully saturated rings. The van der Waals surface area contributed by atoms with Crippen LogP contribution in [0.4, 0.5) is 0 Å². The van der Waals surface area contributed by atoms with Gasteiger partial charge in [0.15, 0.2) is 0 Å². The van der Waals surface area contributed by atoms with Gasteiger partial charge < -0.3 is 15.5 Å². The summed E-state index contributed by atoms with van der Waals surface area (Å²) >= 11 is 0. The van der Waals surface area contributed by atoms with E-state index in [-0.39, 0.29) is 12.5 Å². The van der Waals surface area contributed by atoms with Crippen LogP contribution in [0.15, 0.2) is 48.6 Å². The predicted molar refractivity (Wildman–Crippen MR) is 313 cm³/mol. The van der Waals surface area contributed by atoms with Gasteiger partial charge in [0.05, 0.1) is 18.8 Å². The zero-order valence-electron chi connectivity index (χ0n) is 47.6. The van der Waals surface area contributed by atoms with Gasteiger partial charge in [0.25, 0.3) is 0 Å². The highest BCUT2D eigenvalue weighted by Crippen LogP contribution is 2.18. The van der Waals surface area contributed by atoms with E-state index < -0.39 is 12.1 Å². The smallest absolute Gasteiger partial charge is 0.220 e. The number of unbranched alkanes of at least 4 members (excludes halogenated alkanes) is 46. The molecule has 0 aliphatic rings. The minimum atomic E-state index is -0.844. The van der Waals surface area contributed by atoms with Crippen LogP contribution in [-0.4, -0.2) is 34.9 Å². The molecular formula is C66H125NO3. The van der Waals surface area contributed by atoms with E-state index in [0.29, 0.717) is 6.42 Å². The molecule has 4 heteroatoms. The molecular weight excluding hydrogens is 855 g/mol. The number of nitrogens with one attached hydrogen (secondary N) is 1. The molecule has 0 aromatic carbocycles. The molecule has 0 aromatic rings. The fourth-order valence-electron chi connectivity index (χ4n) is 9.96. The Balaban J connectivity index is 3.46. The first-order chi connectivity index (χ1) is 34.7. The van der Waals surface area contributed by atoms with Crippen molar-refractivity contribution in [3.05, 3.63) is 48.6 Å². The van der Waals surface area contributed by atoms with Crippen molar-refractivity contribution in [2.24, 2.45) is 0 Å². The Morgan fingerprint density at radius 2 is 0.586 bits per heavy atom. The van der Waals surface area contributed by atoms with Crippen LogP contribution in [0.25, 0.3) is 0 Å². The van der Waals surface area contributed by atoms with Gasteiger partial charge in [-0.25, -0.2) is 0 Å². The van der Waals surface area contributed by atoms with Crippen LogP contribution >= 0.6 is 0 Å². The third kappa shape index (κ3) is 57.3. The molecule has 1 amide bonds. The second-order valence-electron chi connectivity index (χ2n) is 21.8. The van der Waals surface area contributed by atoms with E-state index in [1.807, 2.05) is 6.08 Å². The number of aliphatic hydroxyl groups excluding tert-OH is 2. The summed E-state index contributed by atoms with van der Waals surface area (Å²) in [6.07, 6.45) is 85.9. The first kappa shape index (κ1) is 68.4. The molecule has 0 saturated carbocycles. The van der Waals surface area contributed by atoms with Crippen LogP contribution in [0.5, 0.6) is 0 Å². The van der Waals surface area contributed by atoms with Crippen LogP contribution in [0.2, 0.25) is 0 Å². The quantitative estimate of drug-likeness (QED) is 0.0420. The number of rotatable bonds is 59.